The minimum Gasteiger partial charge on any atom is -0.465 e. The van der Waals surface area contributed by atoms with Crippen molar-refractivity contribution in [3.05, 3.63) is 39.5 Å². The summed E-state index contributed by atoms with van der Waals surface area (Å²) in [5.74, 6) is -1.01. The second kappa shape index (κ2) is 8.03. The van der Waals surface area contributed by atoms with Crippen molar-refractivity contribution in [2.24, 2.45) is 16.6 Å². The lowest BCUT2D eigenvalue weighted by atomic mass is 9.79. The lowest BCUT2D eigenvalue weighted by molar-refractivity contribution is -0.249. The zero-order valence-electron chi connectivity index (χ0n) is 16.6. The molecule has 0 spiro atoms. The maximum atomic E-state index is 13.2. The van der Waals surface area contributed by atoms with Gasteiger partial charge in [0.05, 0.1) is 18.8 Å². The smallest absolute Gasteiger partial charge is 0.414 e. The number of ether oxygens (including phenoxy) is 2. The molecule has 2 aromatic heterocycles. The first-order chi connectivity index (χ1) is 15.1. The SMILES string of the molecule is Cc1cc(C#N)cnc1C(=O)Nc1csc([C@]23CO[C@@H](C(F)(F)F)C[C@H]2COC(N)=N3)n1. The Morgan fingerprint density at radius 1 is 1.47 bits per heavy atom. The fourth-order valence-corrected chi connectivity index (χ4v) is 4.66. The average Bonchev–Trinajstić information content (AvgIpc) is 3.21. The van der Waals surface area contributed by atoms with Gasteiger partial charge in [0.1, 0.15) is 28.1 Å². The van der Waals surface area contributed by atoms with E-state index in [9.17, 15) is 18.0 Å². The number of nitriles is 1. The highest BCUT2D eigenvalue weighted by atomic mass is 32.1. The van der Waals surface area contributed by atoms with Crippen molar-refractivity contribution in [2.75, 3.05) is 18.5 Å². The summed E-state index contributed by atoms with van der Waals surface area (Å²) in [5, 5.41) is 13.4. The summed E-state index contributed by atoms with van der Waals surface area (Å²) in [5.41, 5.74) is 5.44. The van der Waals surface area contributed by atoms with Crippen LogP contribution in [0.1, 0.15) is 33.0 Å². The number of aliphatic imine (C=N–C) groups is 1. The molecule has 1 amide bonds. The summed E-state index contributed by atoms with van der Waals surface area (Å²) in [6.45, 7) is 1.22. The van der Waals surface area contributed by atoms with Gasteiger partial charge in [-0.15, -0.1) is 11.3 Å². The molecule has 0 radical (unpaired) electrons. The largest absolute Gasteiger partial charge is 0.465 e. The molecule has 0 bridgehead atoms. The zero-order chi connectivity index (χ0) is 23.1. The van der Waals surface area contributed by atoms with Gasteiger partial charge < -0.3 is 20.5 Å². The molecule has 32 heavy (non-hydrogen) atoms. The van der Waals surface area contributed by atoms with Gasteiger partial charge in [-0.25, -0.2) is 15.0 Å². The molecular weight excluding hydrogens is 449 g/mol. The first-order valence-electron chi connectivity index (χ1n) is 9.43. The number of anilines is 1. The third-order valence-corrected chi connectivity index (χ3v) is 6.33. The van der Waals surface area contributed by atoms with E-state index in [0.717, 1.165) is 11.3 Å². The molecule has 0 aliphatic carbocycles. The Labute approximate surface area is 184 Å². The Hall–Kier alpha value is -3.24. The quantitative estimate of drug-likeness (QED) is 0.709. The lowest BCUT2D eigenvalue weighted by Gasteiger charge is -2.44. The van der Waals surface area contributed by atoms with E-state index in [4.69, 9.17) is 20.5 Å². The topological polar surface area (TPSA) is 136 Å². The van der Waals surface area contributed by atoms with Gasteiger partial charge >= 0.3 is 6.18 Å². The monoisotopic (exact) mass is 466 g/mol. The van der Waals surface area contributed by atoms with E-state index in [-0.39, 0.29) is 37.2 Å². The van der Waals surface area contributed by atoms with Crippen LogP contribution >= 0.6 is 11.3 Å². The number of fused-ring (bicyclic) bond motifs is 1. The van der Waals surface area contributed by atoms with Crippen molar-refractivity contribution < 1.29 is 27.4 Å². The maximum Gasteiger partial charge on any atom is 0.414 e. The number of carbonyl (C=O) groups is 1. The molecule has 13 heteroatoms. The molecule has 4 heterocycles. The van der Waals surface area contributed by atoms with Gasteiger partial charge in [0, 0.05) is 17.5 Å². The predicted octanol–water partition coefficient (Wildman–Crippen LogP) is 2.48. The Kier molecular flexibility index (Phi) is 5.51. The number of carbonyl (C=O) groups excluding carboxylic acids is 1. The van der Waals surface area contributed by atoms with Crippen LogP contribution in [0.3, 0.4) is 0 Å². The number of thiazole rings is 1. The molecule has 0 unspecified atom stereocenters. The Morgan fingerprint density at radius 3 is 2.94 bits per heavy atom. The van der Waals surface area contributed by atoms with Crippen molar-refractivity contribution in [1.82, 2.24) is 9.97 Å². The van der Waals surface area contributed by atoms with Crippen molar-refractivity contribution in [3.63, 3.8) is 0 Å². The average molecular weight is 466 g/mol. The Morgan fingerprint density at radius 2 is 2.25 bits per heavy atom. The van der Waals surface area contributed by atoms with E-state index in [2.05, 4.69) is 20.3 Å². The predicted molar refractivity (Wildman–Crippen MR) is 107 cm³/mol. The fraction of sp³-hybridized carbons (Fsp3) is 0.421. The molecule has 3 N–H and O–H groups in total. The minimum absolute atomic E-state index is 0.0547. The molecule has 9 nitrogen and oxygen atoms in total. The molecule has 2 aliphatic heterocycles. The van der Waals surface area contributed by atoms with Gasteiger partial charge in [-0.05, 0) is 25.0 Å². The van der Waals surface area contributed by atoms with E-state index in [1.54, 1.807) is 12.3 Å². The van der Waals surface area contributed by atoms with Crippen LogP contribution < -0.4 is 11.1 Å². The number of nitrogens with one attached hydrogen (secondary N) is 1. The number of halogens is 3. The van der Waals surface area contributed by atoms with E-state index in [1.165, 1.54) is 12.3 Å². The normalized spacial score (nSPS) is 25.2. The highest BCUT2D eigenvalue weighted by Gasteiger charge is 2.56. The number of pyridine rings is 1. The maximum absolute atomic E-state index is 13.2. The molecule has 168 valence electrons. The molecular formula is C19H17F3N6O3S. The molecule has 1 fully saturated rings. The number of amidine groups is 1. The van der Waals surface area contributed by atoms with E-state index in [0.29, 0.717) is 16.1 Å². The fourth-order valence-electron chi connectivity index (χ4n) is 3.70. The first kappa shape index (κ1) is 22.0. The molecule has 2 aromatic rings. The number of alkyl halides is 3. The van der Waals surface area contributed by atoms with Gasteiger partial charge in [0.2, 0.25) is 0 Å². The number of hydrogen-bond donors (Lipinski definition) is 2. The molecule has 0 saturated carbocycles. The van der Waals surface area contributed by atoms with E-state index >= 15 is 0 Å². The molecule has 0 aromatic carbocycles. The Balaban J connectivity index is 1.58. The molecule has 4 rings (SSSR count). The highest BCUT2D eigenvalue weighted by molar-refractivity contribution is 7.10. The summed E-state index contributed by atoms with van der Waals surface area (Å²) in [6, 6.07) is 3.32. The number of amides is 1. The lowest BCUT2D eigenvalue weighted by Crippen LogP contribution is -2.54. The number of aryl methyl sites for hydroxylation is 1. The number of nitrogens with two attached hydrogens (primary N) is 1. The van der Waals surface area contributed by atoms with Crippen LogP contribution in [0.4, 0.5) is 19.0 Å². The summed E-state index contributed by atoms with van der Waals surface area (Å²) < 4.78 is 49.9. The van der Waals surface area contributed by atoms with Gasteiger partial charge in [0.25, 0.3) is 11.9 Å². The summed E-state index contributed by atoms with van der Waals surface area (Å²) in [4.78, 5) is 25.3. The minimum atomic E-state index is -4.51. The summed E-state index contributed by atoms with van der Waals surface area (Å²) in [6.07, 6.45) is -5.50. The van der Waals surface area contributed by atoms with Crippen LogP contribution in [0, 0.1) is 24.2 Å². The van der Waals surface area contributed by atoms with Crippen molar-refractivity contribution >= 4 is 29.1 Å². The summed E-state index contributed by atoms with van der Waals surface area (Å²) in [7, 11) is 0. The standard InChI is InChI=1S/C19H17F3N6O3S/c1-9-2-10(4-23)5-25-14(9)15(29)26-13-7-32-16(27-13)18-8-31-12(19(20,21)22)3-11(18)6-30-17(24)28-18/h2,5,7,11-12H,3,6,8H2,1H3,(H2,24,28)(H,26,29)/t11-,12+,18-/m0/s1. The van der Waals surface area contributed by atoms with E-state index < -0.39 is 29.6 Å². The van der Waals surface area contributed by atoms with Crippen molar-refractivity contribution in [3.8, 4) is 6.07 Å². The Bertz CT molecular complexity index is 1130. The van der Waals surface area contributed by atoms with E-state index in [1.807, 2.05) is 6.07 Å². The summed E-state index contributed by atoms with van der Waals surface area (Å²) >= 11 is 1.12. The van der Waals surface area contributed by atoms with Gasteiger partial charge in [-0.3, -0.25) is 4.79 Å². The third kappa shape index (κ3) is 3.98. The van der Waals surface area contributed by atoms with Crippen molar-refractivity contribution in [1.29, 1.82) is 5.26 Å². The van der Waals surface area contributed by atoms with Crippen LogP contribution in [-0.2, 0) is 15.0 Å². The van der Waals surface area contributed by atoms with Crippen LogP contribution in [-0.4, -0.2) is 47.4 Å². The first-order valence-corrected chi connectivity index (χ1v) is 10.3. The second-order valence-corrected chi connectivity index (χ2v) is 8.31. The van der Waals surface area contributed by atoms with Gasteiger partial charge in [-0.1, -0.05) is 0 Å². The molecule has 3 atom stereocenters. The number of hydrogen-bond acceptors (Lipinski definition) is 9. The zero-order valence-corrected chi connectivity index (χ0v) is 17.5. The molecule has 2 aliphatic rings. The number of aromatic nitrogens is 2. The van der Waals surface area contributed by atoms with Gasteiger partial charge in [0.15, 0.2) is 6.10 Å². The van der Waals surface area contributed by atoms with Crippen LogP contribution in [0.2, 0.25) is 0 Å². The van der Waals surface area contributed by atoms with Crippen LogP contribution in [0.15, 0.2) is 22.6 Å². The van der Waals surface area contributed by atoms with Crippen molar-refractivity contribution in [2.45, 2.75) is 31.2 Å². The van der Waals surface area contributed by atoms with Crippen LogP contribution in [0.25, 0.3) is 0 Å². The van der Waals surface area contributed by atoms with Gasteiger partial charge in [-0.2, -0.15) is 18.4 Å². The highest BCUT2D eigenvalue weighted by Crippen LogP contribution is 2.47. The third-order valence-electron chi connectivity index (χ3n) is 5.32. The van der Waals surface area contributed by atoms with Crippen LogP contribution in [0.5, 0.6) is 0 Å². The molecule has 1 saturated heterocycles. The second-order valence-electron chi connectivity index (χ2n) is 7.45. The number of nitrogens with zero attached hydrogens (tertiary/aromatic N) is 4. The number of rotatable bonds is 3.